The number of methoxy groups -OCH3 is 1. The standard InChI is InChI=1S/C21H20FN3O2/c1-27-16-7-9-18-15(14-16)6-8-19(23-18)21(26)25-12-10-24(11-13-25)20-5-3-2-4-17(20)22/h2-9,14H,10-13H2,1H3. The summed E-state index contributed by atoms with van der Waals surface area (Å²) in [5, 5.41) is 0.926. The van der Waals surface area contributed by atoms with Crippen molar-refractivity contribution in [3.8, 4) is 5.75 Å². The SMILES string of the molecule is COc1ccc2nc(C(=O)N3CCN(c4ccccc4F)CC3)ccc2c1. The largest absolute Gasteiger partial charge is 0.497 e. The van der Waals surface area contributed by atoms with Gasteiger partial charge in [-0.2, -0.15) is 0 Å². The summed E-state index contributed by atoms with van der Waals surface area (Å²) in [5.41, 5.74) is 1.76. The van der Waals surface area contributed by atoms with Crippen molar-refractivity contribution in [3.05, 3.63) is 66.1 Å². The van der Waals surface area contributed by atoms with E-state index in [1.807, 2.05) is 35.2 Å². The Bertz CT molecular complexity index is 984. The lowest BCUT2D eigenvalue weighted by atomic mass is 10.1. The molecule has 0 aliphatic carbocycles. The molecule has 1 saturated heterocycles. The minimum absolute atomic E-state index is 0.0964. The molecule has 1 amide bonds. The zero-order valence-corrected chi connectivity index (χ0v) is 15.1. The molecule has 1 aliphatic rings. The van der Waals surface area contributed by atoms with E-state index in [0.29, 0.717) is 37.6 Å². The van der Waals surface area contributed by atoms with Gasteiger partial charge in [0, 0.05) is 31.6 Å². The molecule has 1 fully saturated rings. The van der Waals surface area contributed by atoms with E-state index < -0.39 is 0 Å². The summed E-state index contributed by atoms with van der Waals surface area (Å²) in [6, 6.07) is 15.9. The van der Waals surface area contributed by atoms with Gasteiger partial charge in [-0.3, -0.25) is 4.79 Å². The van der Waals surface area contributed by atoms with Crippen molar-refractivity contribution in [1.29, 1.82) is 0 Å². The second-order valence-electron chi connectivity index (χ2n) is 6.49. The molecule has 0 radical (unpaired) electrons. The van der Waals surface area contributed by atoms with Gasteiger partial charge in [0.25, 0.3) is 5.91 Å². The molecule has 27 heavy (non-hydrogen) atoms. The summed E-state index contributed by atoms with van der Waals surface area (Å²) in [6.45, 7) is 2.26. The van der Waals surface area contributed by atoms with Crippen LogP contribution in [-0.2, 0) is 0 Å². The highest BCUT2D eigenvalue weighted by Gasteiger charge is 2.24. The number of anilines is 1. The number of rotatable bonds is 3. The number of nitrogens with zero attached hydrogens (tertiary/aromatic N) is 3. The van der Waals surface area contributed by atoms with Crippen molar-refractivity contribution in [2.24, 2.45) is 0 Å². The molecule has 5 nitrogen and oxygen atoms in total. The maximum Gasteiger partial charge on any atom is 0.272 e. The molecule has 4 rings (SSSR count). The lowest BCUT2D eigenvalue weighted by Gasteiger charge is -2.36. The van der Waals surface area contributed by atoms with Crippen LogP contribution in [0.4, 0.5) is 10.1 Å². The van der Waals surface area contributed by atoms with Crippen molar-refractivity contribution in [2.75, 3.05) is 38.2 Å². The van der Waals surface area contributed by atoms with Crippen LogP contribution in [-0.4, -0.2) is 49.1 Å². The van der Waals surface area contributed by atoms with Gasteiger partial charge in [-0.25, -0.2) is 9.37 Å². The van der Waals surface area contributed by atoms with Crippen LogP contribution < -0.4 is 9.64 Å². The molecule has 3 aromatic rings. The van der Waals surface area contributed by atoms with Crippen molar-refractivity contribution in [3.63, 3.8) is 0 Å². The Hall–Kier alpha value is -3.15. The fraction of sp³-hybridized carbons (Fsp3) is 0.238. The number of ether oxygens (including phenoxy) is 1. The highest BCUT2D eigenvalue weighted by atomic mass is 19.1. The van der Waals surface area contributed by atoms with E-state index in [-0.39, 0.29) is 11.7 Å². The number of para-hydroxylation sites is 1. The average Bonchev–Trinajstić information content (AvgIpc) is 2.73. The Morgan fingerprint density at radius 1 is 1.04 bits per heavy atom. The summed E-state index contributed by atoms with van der Waals surface area (Å²) < 4.78 is 19.2. The molecule has 0 bridgehead atoms. The maximum atomic E-state index is 14.0. The summed E-state index contributed by atoms with van der Waals surface area (Å²) in [5.74, 6) is 0.428. The normalized spacial score (nSPS) is 14.4. The predicted molar refractivity (Wildman–Crippen MR) is 103 cm³/mol. The predicted octanol–water partition coefficient (Wildman–Crippen LogP) is 3.34. The number of halogens is 1. The third-order valence-corrected chi connectivity index (χ3v) is 4.88. The van der Waals surface area contributed by atoms with Crippen molar-refractivity contribution < 1.29 is 13.9 Å². The van der Waals surface area contributed by atoms with Crippen molar-refractivity contribution >= 4 is 22.5 Å². The molecule has 138 valence electrons. The van der Waals surface area contributed by atoms with Gasteiger partial charge in [0.05, 0.1) is 18.3 Å². The van der Waals surface area contributed by atoms with Crippen LogP contribution in [0.2, 0.25) is 0 Å². The summed E-state index contributed by atoms with van der Waals surface area (Å²) in [6.07, 6.45) is 0. The average molecular weight is 365 g/mol. The van der Waals surface area contributed by atoms with E-state index in [2.05, 4.69) is 4.98 Å². The zero-order valence-electron chi connectivity index (χ0n) is 15.1. The van der Waals surface area contributed by atoms with Crippen LogP contribution >= 0.6 is 0 Å². The number of hydrogen-bond donors (Lipinski definition) is 0. The van der Waals surface area contributed by atoms with E-state index >= 15 is 0 Å². The Kier molecular flexibility index (Phi) is 4.62. The van der Waals surface area contributed by atoms with Crippen LogP contribution in [0.5, 0.6) is 5.75 Å². The molecular weight excluding hydrogens is 345 g/mol. The van der Waals surface area contributed by atoms with Crippen molar-refractivity contribution in [2.45, 2.75) is 0 Å². The number of benzene rings is 2. The first kappa shape index (κ1) is 17.3. The molecule has 0 spiro atoms. The fourth-order valence-corrected chi connectivity index (χ4v) is 3.37. The molecule has 0 saturated carbocycles. The first-order valence-corrected chi connectivity index (χ1v) is 8.89. The van der Waals surface area contributed by atoms with E-state index in [0.717, 1.165) is 16.7 Å². The Morgan fingerprint density at radius 2 is 1.81 bits per heavy atom. The van der Waals surface area contributed by atoms with Crippen LogP contribution in [0.3, 0.4) is 0 Å². The smallest absolute Gasteiger partial charge is 0.272 e. The fourth-order valence-electron chi connectivity index (χ4n) is 3.37. The Morgan fingerprint density at radius 3 is 2.56 bits per heavy atom. The molecular formula is C21H20FN3O2. The van der Waals surface area contributed by atoms with Crippen molar-refractivity contribution in [1.82, 2.24) is 9.88 Å². The number of piperazine rings is 1. The van der Waals surface area contributed by atoms with Crippen LogP contribution in [0, 0.1) is 5.82 Å². The topological polar surface area (TPSA) is 45.7 Å². The van der Waals surface area contributed by atoms with Gasteiger partial charge in [-0.15, -0.1) is 0 Å². The minimum atomic E-state index is -0.232. The monoisotopic (exact) mass is 365 g/mol. The first-order chi connectivity index (χ1) is 13.2. The number of hydrogen-bond acceptors (Lipinski definition) is 4. The van der Waals surface area contributed by atoms with E-state index in [1.165, 1.54) is 6.07 Å². The molecule has 0 unspecified atom stereocenters. The number of fused-ring (bicyclic) bond motifs is 1. The highest BCUT2D eigenvalue weighted by Crippen LogP contribution is 2.22. The van der Waals surface area contributed by atoms with Crippen LogP contribution in [0.1, 0.15) is 10.5 Å². The lowest BCUT2D eigenvalue weighted by Crippen LogP contribution is -2.49. The maximum absolute atomic E-state index is 14.0. The first-order valence-electron chi connectivity index (χ1n) is 8.89. The lowest BCUT2D eigenvalue weighted by molar-refractivity contribution is 0.0741. The quantitative estimate of drug-likeness (QED) is 0.714. The van der Waals surface area contributed by atoms with Gasteiger partial charge >= 0.3 is 0 Å². The van der Waals surface area contributed by atoms with Gasteiger partial charge in [0.2, 0.25) is 0 Å². The molecule has 0 N–H and O–H groups in total. The van der Waals surface area contributed by atoms with E-state index in [4.69, 9.17) is 4.74 Å². The second kappa shape index (κ2) is 7.23. The molecule has 1 aromatic heterocycles. The number of carbonyl (C=O) groups excluding carboxylic acids is 1. The zero-order chi connectivity index (χ0) is 18.8. The molecule has 6 heteroatoms. The van der Waals surface area contributed by atoms with Gasteiger partial charge in [-0.05, 0) is 36.4 Å². The van der Waals surface area contributed by atoms with Crippen LogP contribution in [0.25, 0.3) is 10.9 Å². The summed E-state index contributed by atoms with van der Waals surface area (Å²) >= 11 is 0. The van der Waals surface area contributed by atoms with Gasteiger partial charge in [0.15, 0.2) is 0 Å². The third kappa shape index (κ3) is 3.43. The molecule has 0 atom stereocenters. The highest BCUT2D eigenvalue weighted by molar-refractivity contribution is 5.95. The Balaban J connectivity index is 1.48. The van der Waals surface area contributed by atoms with Gasteiger partial charge < -0.3 is 14.5 Å². The van der Waals surface area contributed by atoms with Gasteiger partial charge in [-0.1, -0.05) is 18.2 Å². The second-order valence-corrected chi connectivity index (χ2v) is 6.49. The number of carbonyl (C=O) groups is 1. The molecule has 1 aliphatic heterocycles. The number of amides is 1. The van der Waals surface area contributed by atoms with Gasteiger partial charge in [0.1, 0.15) is 17.3 Å². The number of aromatic nitrogens is 1. The van der Waals surface area contributed by atoms with E-state index in [9.17, 15) is 9.18 Å². The molecule has 2 aromatic carbocycles. The number of pyridine rings is 1. The summed E-state index contributed by atoms with van der Waals surface area (Å²) in [4.78, 5) is 21.1. The third-order valence-electron chi connectivity index (χ3n) is 4.88. The molecule has 2 heterocycles. The summed E-state index contributed by atoms with van der Waals surface area (Å²) in [7, 11) is 1.62. The van der Waals surface area contributed by atoms with E-state index in [1.54, 1.807) is 30.2 Å². The Labute approximate surface area is 157 Å². The minimum Gasteiger partial charge on any atom is -0.497 e. The van der Waals surface area contributed by atoms with Crippen LogP contribution in [0.15, 0.2) is 54.6 Å².